The van der Waals surface area contributed by atoms with E-state index in [2.05, 4.69) is 17.1 Å². The summed E-state index contributed by atoms with van der Waals surface area (Å²) in [4.78, 5) is 14.7. The summed E-state index contributed by atoms with van der Waals surface area (Å²) in [5.74, 6) is 0.737. The van der Waals surface area contributed by atoms with Crippen molar-refractivity contribution in [1.29, 1.82) is 0 Å². The maximum Gasteiger partial charge on any atom is 0.251 e. The van der Waals surface area contributed by atoms with Crippen LogP contribution < -0.4 is 11.1 Å². The van der Waals surface area contributed by atoms with Crippen LogP contribution in [0.25, 0.3) is 0 Å². The van der Waals surface area contributed by atoms with Crippen molar-refractivity contribution in [2.45, 2.75) is 33.1 Å². The van der Waals surface area contributed by atoms with Gasteiger partial charge >= 0.3 is 0 Å². The topological polar surface area (TPSA) is 58.4 Å². The van der Waals surface area contributed by atoms with Crippen LogP contribution in [0.2, 0.25) is 0 Å². The lowest BCUT2D eigenvalue weighted by atomic mass is 9.93. The molecular weight excluding hydrogens is 262 g/mol. The number of amides is 1. The molecule has 0 saturated carbocycles. The summed E-state index contributed by atoms with van der Waals surface area (Å²) in [7, 11) is 0. The highest BCUT2D eigenvalue weighted by atomic mass is 16.1. The summed E-state index contributed by atoms with van der Waals surface area (Å²) in [5, 5.41) is 3.03. The fraction of sp³-hybridized carbons (Fsp3) is 0.588. The van der Waals surface area contributed by atoms with Crippen LogP contribution in [0.3, 0.4) is 0 Å². The summed E-state index contributed by atoms with van der Waals surface area (Å²) >= 11 is 0. The molecule has 0 aromatic heterocycles. The van der Waals surface area contributed by atoms with E-state index in [4.69, 9.17) is 5.73 Å². The first-order valence-corrected chi connectivity index (χ1v) is 7.96. The second kappa shape index (κ2) is 7.46. The lowest BCUT2D eigenvalue weighted by Crippen LogP contribution is -2.35. The third kappa shape index (κ3) is 4.46. The third-order valence-electron chi connectivity index (χ3n) is 4.50. The smallest absolute Gasteiger partial charge is 0.251 e. The largest absolute Gasteiger partial charge is 0.399 e. The number of nitrogens with zero attached hydrogens (tertiary/aromatic N) is 1. The van der Waals surface area contributed by atoms with E-state index in [9.17, 15) is 4.79 Å². The SMILES string of the molecule is CCN1CCC(CCNC(=O)c2cc(N)ccc2C)CC1. The minimum absolute atomic E-state index is 0.00852. The Kier molecular flexibility index (Phi) is 5.62. The highest BCUT2D eigenvalue weighted by Gasteiger charge is 2.18. The van der Waals surface area contributed by atoms with Crippen LogP contribution in [0, 0.1) is 12.8 Å². The Balaban J connectivity index is 1.76. The zero-order valence-corrected chi connectivity index (χ0v) is 13.2. The van der Waals surface area contributed by atoms with Crippen LogP contribution in [-0.2, 0) is 0 Å². The van der Waals surface area contributed by atoms with E-state index in [1.165, 1.54) is 25.9 Å². The average molecular weight is 289 g/mol. The Labute approximate surface area is 127 Å². The van der Waals surface area contributed by atoms with Gasteiger partial charge < -0.3 is 16.0 Å². The number of benzene rings is 1. The molecule has 116 valence electrons. The van der Waals surface area contributed by atoms with Crippen LogP contribution in [0.15, 0.2) is 18.2 Å². The minimum Gasteiger partial charge on any atom is -0.399 e. The van der Waals surface area contributed by atoms with Crippen LogP contribution in [0.5, 0.6) is 0 Å². The number of carbonyl (C=O) groups is 1. The van der Waals surface area contributed by atoms with Crippen LogP contribution >= 0.6 is 0 Å². The zero-order chi connectivity index (χ0) is 15.2. The highest BCUT2D eigenvalue weighted by Crippen LogP contribution is 2.19. The maximum atomic E-state index is 12.2. The molecular formula is C17H27N3O. The molecule has 1 heterocycles. The number of nitrogens with one attached hydrogen (secondary N) is 1. The number of aryl methyl sites for hydroxylation is 1. The molecule has 4 heteroatoms. The van der Waals surface area contributed by atoms with Crippen molar-refractivity contribution in [3.8, 4) is 0 Å². The summed E-state index contributed by atoms with van der Waals surface area (Å²) in [5.41, 5.74) is 8.05. The first-order valence-electron chi connectivity index (χ1n) is 7.96. The Morgan fingerprint density at radius 3 is 2.76 bits per heavy atom. The molecule has 1 aromatic carbocycles. The molecule has 1 fully saturated rings. The Hall–Kier alpha value is -1.55. The van der Waals surface area contributed by atoms with E-state index in [1.54, 1.807) is 6.07 Å². The van der Waals surface area contributed by atoms with Gasteiger partial charge in [-0.15, -0.1) is 0 Å². The predicted molar refractivity (Wildman–Crippen MR) is 87.4 cm³/mol. The minimum atomic E-state index is -0.00852. The van der Waals surface area contributed by atoms with Gasteiger partial charge in [-0.3, -0.25) is 4.79 Å². The molecule has 1 amide bonds. The number of likely N-dealkylation sites (tertiary alicyclic amines) is 1. The van der Waals surface area contributed by atoms with Gasteiger partial charge in [0.2, 0.25) is 0 Å². The van der Waals surface area contributed by atoms with Crippen molar-refractivity contribution in [3.63, 3.8) is 0 Å². The molecule has 1 aliphatic rings. The van der Waals surface area contributed by atoms with Gasteiger partial charge in [-0.1, -0.05) is 13.0 Å². The van der Waals surface area contributed by atoms with Crippen molar-refractivity contribution in [2.75, 3.05) is 31.9 Å². The van der Waals surface area contributed by atoms with Gasteiger partial charge in [0.25, 0.3) is 5.91 Å². The van der Waals surface area contributed by atoms with E-state index >= 15 is 0 Å². The van der Waals surface area contributed by atoms with Gasteiger partial charge in [-0.25, -0.2) is 0 Å². The highest BCUT2D eigenvalue weighted by molar-refractivity contribution is 5.96. The molecule has 1 aromatic rings. The van der Waals surface area contributed by atoms with Crippen LogP contribution in [-0.4, -0.2) is 37.0 Å². The number of hydrogen-bond acceptors (Lipinski definition) is 3. The number of rotatable bonds is 5. The fourth-order valence-corrected chi connectivity index (χ4v) is 2.96. The lowest BCUT2D eigenvalue weighted by Gasteiger charge is -2.31. The molecule has 0 spiro atoms. The monoisotopic (exact) mass is 289 g/mol. The molecule has 0 unspecified atom stereocenters. The maximum absolute atomic E-state index is 12.2. The lowest BCUT2D eigenvalue weighted by molar-refractivity contribution is 0.0948. The van der Waals surface area contributed by atoms with Crippen molar-refractivity contribution in [2.24, 2.45) is 5.92 Å². The van der Waals surface area contributed by atoms with E-state index in [1.807, 2.05) is 19.1 Å². The van der Waals surface area contributed by atoms with Gasteiger partial charge in [0.1, 0.15) is 0 Å². The quantitative estimate of drug-likeness (QED) is 0.819. The molecule has 3 N–H and O–H groups in total. The van der Waals surface area contributed by atoms with Gasteiger partial charge in [0, 0.05) is 17.8 Å². The number of nitrogen functional groups attached to an aromatic ring is 1. The number of hydrogen-bond donors (Lipinski definition) is 2. The molecule has 21 heavy (non-hydrogen) atoms. The van der Waals surface area contributed by atoms with E-state index in [0.717, 1.165) is 31.0 Å². The number of anilines is 1. The fourth-order valence-electron chi connectivity index (χ4n) is 2.96. The predicted octanol–water partition coefficient (Wildman–Crippen LogP) is 2.43. The summed E-state index contributed by atoms with van der Waals surface area (Å²) < 4.78 is 0. The van der Waals surface area contributed by atoms with Gasteiger partial charge in [-0.2, -0.15) is 0 Å². The van der Waals surface area contributed by atoms with E-state index < -0.39 is 0 Å². The van der Waals surface area contributed by atoms with Crippen molar-refractivity contribution in [1.82, 2.24) is 10.2 Å². The molecule has 0 bridgehead atoms. The van der Waals surface area contributed by atoms with E-state index in [0.29, 0.717) is 11.3 Å². The molecule has 0 radical (unpaired) electrons. The molecule has 1 aliphatic heterocycles. The molecule has 0 aliphatic carbocycles. The van der Waals surface area contributed by atoms with Gasteiger partial charge in [0.15, 0.2) is 0 Å². The average Bonchev–Trinajstić information content (AvgIpc) is 2.50. The van der Waals surface area contributed by atoms with Gasteiger partial charge in [-0.05, 0) is 69.4 Å². The Morgan fingerprint density at radius 2 is 2.10 bits per heavy atom. The molecule has 4 nitrogen and oxygen atoms in total. The van der Waals surface area contributed by atoms with Gasteiger partial charge in [0.05, 0.1) is 0 Å². The van der Waals surface area contributed by atoms with Crippen molar-refractivity contribution < 1.29 is 4.79 Å². The summed E-state index contributed by atoms with van der Waals surface area (Å²) in [6, 6.07) is 5.47. The Bertz CT molecular complexity index is 479. The first-order chi connectivity index (χ1) is 10.1. The number of carbonyl (C=O) groups excluding carboxylic acids is 1. The number of piperidine rings is 1. The molecule has 1 saturated heterocycles. The van der Waals surface area contributed by atoms with Crippen LogP contribution in [0.1, 0.15) is 42.1 Å². The first kappa shape index (κ1) is 15.8. The standard InChI is InChI=1S/C17H27N3O/c1-3-20-10-7-14(8-11-20)6-9-19-17(21)16-12-15(18)5-4-13(16)2/h4-5,12,14H,3,6-11,18H2,1-2H3,(H,19,21). The van der Waals surface area contributed by atoms with E-state index in [-0.39, 0.29) is 5.91 Å². The summed E-state index contributed by atoms with van der Waals surface area (Å²) in [6.07, 6.45) is 3.58. The van der Waals surface area contributed by atoms with Crippen molar-refractivity contribution in [3.05, 3.63) is 29.3 Å². The molecule has 0 atom stereocenters. The molecule has 2 rings (SSSR count). The normalized spacial score (nSPS) is 16.9. The Morgan fingerprint density at radius 1 is 1.38 bits per heavy atom. The second-order valence-corrected chi connectivity index (χ2v) is 6.00. The number of nitrogens with two attached hydrogens (primary N) is 1. The van der Waals surface area contributed by atoms with Crippen LogP contribution in [0.4, 0.5) is 5.69 Å². The zero-order valence-electron chi connectivity index (χ0n) is 13.2. The van der Waals surface area contributed by atoms with Crippen molar-refractivity contribution >= 4 is 11.6 Å². The summed E-state index contributed by atoms with van der Waals surface area (Å²) in [6.45, 7) is 8.46. The third-order valence-corrected chi connectivity index (χ3v) is 4.50. The second-order valence-electron chi connectivity index (χ2n) is 6.00.